The van der Waals surface area contributed by atoms with E-state index >= 15 is 0 Å². The topological polar surface area (TPSA) is 23.5 Å². The van der Waals surface area contributed by atoms with E-state index < -0.39 is 6.10 Å². The molecule has 0 aromatic heterocycles. The smallest absolute Gasteiger partial charge is 0.0762 e. The molecule has 0 spiro atoms. The van der Waals surface area contributed by atoms with Crippen molar-refractivity contribution in [3.05, 3.63) is 28.2 Å². The summed E-state index contributed by atoms with van der Waals surface area (Å²) in [6, 6.07) is 5.87. The van der Waals surface area contributed by atoms with Gasteiger partial charge in [-0.25, -0.2) is 0 Å². The molecule has 0 saturated carbocycles. The summed E-state index contributed by atoms with van der Waals surface area (Å²) in [5.74, 6) is 0. The molecule has 1 N–H and O–H groups in total. The van der Waals surface area contributed by atoms with Gasteiger partial charge in [-0.2, -0.15) is 0 Å². The zero-order chi connectivity index (χ0) is 10.0. The highest BCUT2D eigenvalue weighted by atomic mass is 79.9. The number of hydrogen-bond donors (Lipinski definition) is 1. The van der Waals surface area contributed by atoms with Gasteiger partial charge in [0.1, 0.15) is 0 Å². The highest BCUT2D eigenvalue weighted by Gasteiger charge is 2.05. The third kappa shape index (κ3) is 2.45. The molecule has 2 nitrogen and oxygen atoms in total. The van der Waals surface area contributed by atoms with Crippen molar-refractivity contribution in [3.8, 4) is 0 Å². The van der Waals surface area contributed by atoms with Crippen molar-refractivity contribution in [1.82, 2.24) is 0 Å². The molecule has 0 amide bonds. The van der Waals surface area contributed by atoms with Gasteiger partial charge in [-0.1, -0.05) is 6.07 Å². The summed E-state index contributed by atoms with van der Waals surface area (Å²) in [5, 5.41) is 9.34. The maximum Gasteiger partial charge on any atom is 0.0762 e. The van der Waals surface area contributed by atoms with Crippen LogP contribution in [0.25, 0.3) is 0 Å². The number of halogens is 1. The van der Waals surface area contributed by atoms with Crippen LogP contribution in [0.2, 0.25) is 0 Å². The average molecular weight is 244 g/mol. The first kappa shape index (κ1) is 10.5. The van der Waals surface area contributed by atoms with E-state index in [1.807, 2.05) is 37.2 Å². The summed E-state index contributed by atoms with van der Waals surface area (Å²) in [7, 11) is 3.98. The number of rotatable bonds is 2. The van der Waals surface area contributed by atoms with Crippen molar-refractivity contribution in [1.29, 1.82) is 0 Å². The molecule has 0 aliphatic carbocycles. The predicted octanol–water partition coefficient (Wildman–Crippen LogP) is 2.57. The summed E-state index contributed by atoms with van der Waals surface area (Å²) < 4.78 is 1.01. The lowest BCUT2D eigenvalue weighted by Gasteiger charge is -2.16. The van der Waals surface area contributed by atoms with E-state index in [4.69, 9.17) is 0 Å². The highest BCUT2D eigenvalue weighted by Crippen LogP contribution is 2.27. The fourth-order valence-corrected chi connectivity index (χ4v) is 1.90. The van der Waals surface area contributed by atoms with Gasteiger partial charge in [0.05, 0.1) is 11.8 Å². The summed E-state index contributed by atoms with van der Waals surface area (Å²) >= 11 is 3.46. The number of benzene rings is 1. The minimum Gasteiger partial charge on any atom is -0.389 e. The van der Waals surface area contributed by atoms with Crippen molar-refractivity contribution in [2.45, 2.75) is 13.0 Å². The molecule has 0 heterocycles. The summed E-state index contributed by atoms with van der Waals surface area (Å²) in [4.78, 5) is 2.02. The Balaban J connectivity index is 3.06. The van der Waals surface area contributed by atoms with E-state index in [9.17, 15) is 5.11 Å². The number of aliphatic hydroxyl groups is 1. The van der Waals surface area contributed by atoms with Gasteiger partial charge in [0.15, 0.2) is 0 Å². The van der Waals surface area contributed by atoms with Crippen LogP contribution >= 0.6 is 15.9 Å². The zero-order valence-corrected chi connectivity index (χ0v) is 9.67. The van der Waals surface area contributed by atoms with Crippen LogP contribution < -0.4 is 4.90 Å². The third-order valence-corrected chi connectivity index (χ3v) is 2.57. The second-order valence-corrected chi connectivity index (χ2v) is 4.14. The van der Waals surface area contributed by atoms with Crippen LogP contribution in [0, 0.1) is 0 Å². The summed E-state index contributed by atoms with van der Waals surface area (Å²) in [6.07, 6.45) is -0.410. The van der Waals surface area contributed by atoms with Crippen LogP contribution in [-0.2, 0) is 0 Å². The molecular formula is C10H14BrNO. The molecule has 0 aliphatic rings. The van der Waals surface area contributed by atoms with E-state index in [1.54, 1.807) is 6.92 Å². The first-order chi connectivity index (χ1) is 6.02. The lowest BCUT2D eigenvalue weighted by molar-refractivity contribution is 0.199. The Morgan fingerprint density at radius 3 is 2.38 bits per heavy atom. The molecule has 0 saturated heterocycles. The zero-order valence-electron chi connectivity index (χ0n) is 8.08. The Labute approximate surface area is 87.3 Å². The third-order valence-electron chi connectivity index (χ3n) is 1.94. The number of nitrogens with zero attached hydrogens (tertiary/aromatic N) is 1. The largest absolute Gasteiger partial charge is 0.389 e. The maximum atomic E-state index is 9.34. The van der Waals surface area contributed by atoms with Crippen LogP contribution in [0.4, 0.5) is 5.69 Å². The monoisotopic (exact) mass is 243 g/mol. The second kappa shape index (κ2) is 4.11. The number of aliphatic hydroxyl groups excluding tert-OH is 1. The Hall–Kier alpha value is -0.540. The van der Waals surface area contributed by atoms with Crippen LogP contribution in [0.5, 0.6) is 0 Å². The van der Waals surface area contributed by atoms with Crippen molar-refractivity contribution in [3.63, 3.8) is 0 Å². The quantitative estimate of drug-likeness (QED) is 0.864. The molecule has 1 rings (SSSR count). The van der Waals surface area contributed by atoms with E-state index in [1.165, 1.54) is 0 Å². The second-order valence-electron chi connectivity index (χ2n) is 3.28. The molecule has 0 radical (unpaired) electrons. The fourth-order valence-electron chi connectivity index (χ4n) is 1.15. The molecule has 1 atom stereocenters. The minimum atomic E-state index is -0.410. The molecule has 0 fully saturated rings. The lowest BCUT2D eigenvalue weighted by Crippen LogP contribution is -2.09. The average Bonchev–Trinajstić information content (AvgIpc) is 2.03. The Morgan fingerprint density at radius 2 is 2.00 bits per heavy atom. The van der Waals surface area contributed by atoms with Gasteiger partial charge in [-0.3, -0.25) is 0 Å². The van der Waals surface area contributed by atoms with Gasteiger partial charge in [-0.15, -0.1) is 0 Å². The van der Waals surface area contributed by atoms with Gasteiger partial charge >= 0.3 is 0 Å². The lowest BCUT2D eigenvalue weighted by atomic mass is 10.1. The first-order valence-electron chi connectivity index (χ1n) is 4.17. The SMILES string of the molecule is C[C@H](O)c1ccc(N(C)C)c(Br)c1. The normalized spacial score (nSPS) is 12.7. The van der Waals surface area contributed by atoms with E-state index in [-0.39, 0.29) is 0 Å². The Bertz CT molecular complexity index is 297. The van der Waals surface area contributed by atoms with Crippen LogP contribution in [-0.4, -0.2) is 19.2 Å². The van der Waals surface area contributed by atoms with Crippen molar-refractivity contribution in [2.75, 3.05) is 19.0 Å². The first-order valence-corrected chi connectivity index (χ1v) is 4.96. The molecule has 13 heavy (non-hydrogen) atoms. The van der Waals surface area contributed by atoms with Gasteiger partial charge in [0.25, 0.3) is 0 Å². The Morgan fingerprint density at radius 1 is 1.38 bits per heavy atom. The van der Waals surface area contributed by atoms with Crippen LogP contribution in [0.3, 0.4) is 0 Å². The maximum absolute atomic E-state index is 9.34. The van der Waals surface area contributed by atoms with Gasteiger partial charge < -0.3 is 10.0 Å². The van der Waals surface area contributed by atoms with Gasteiger partial charge in [0, 0.05) is 18.6 Å². The van der Waals surface area contributed by atoms with Crippen molar-refractivity contribution >= 4 is 21.6 Å². The highest BCUT2D eigenvalue weighted by molar-refractivity contribution is 9.10. The van der Waals surface area contributed by atoms with E-state index in [2.05, 4.69) is 15.9 Å². The molecule has 1 aromatic carbocycles. The van der Waals surface area contributed by atoms with Gasteiger partial charge in [-0.05, 0) is 40.5 Å². The molecule has 72 valence electrons. The van der Waals surface area contributed by atoms with E-state index in [0.717, 1.165) is 15.7 Å². The van der Waals surface area contributed by atoms with E-state index in [0.29, 0.717) is 0 Å². The molecule has 3 heteroatoms. The summed E-state index contributed by atoms with van der Waals surface area (Å²) in [5.41, 5.74) is 2.04. The molecular weight excluding hydrogens is 230 g/mol. The van der Waals surface area contributed by atoms with Crippen molar-refractivity contribution < 1.29 is 5.11 Å². The summed E-state index contributed by atoms with van der Waals surface area (Å²) in [6.45, 7) is 1.76. The van der Waals surface area contributed by atoms with Crippen LogP contribution in [0.15, 0.2) is 22.7 Å². The van der Waals surface area contributed by atoms with Gasteiger partial charge in [0.2, 0.25) is 0 Å². The number of anilines is 1. The number of hydrogen-bond acceptors (Lipinski definition) is 2. The van der Waals surface area contributed by atoms with Crippen LogP contribution in [0.1, 0.15) is 18.6 Å². The predicted molar refractivity (Wildman–Crippen MR) is 59.1 cm³/mol. The standard InChI is InChI=1S/C10H14BrNO/c1-7(13)8-4-5-10(12(2)3)9(11)6-8/h4-7,13H,1-3H3/t7-/m0/s1. The minimum absolute atomic E-state index is 0.410. The fraction of sp³-hybridized carbons (Fsp3) is 0.400. The molecule has 1 aromatic rings. The van der Waals surface area contributed by atoms with Crippen molar-refractivity contribution in [2.24, 2.45) is 0 Å². The molecule has 0 unspecified atom stereocenters. The molecule has 0 bridgehead atoms. The Kier molecular flexibility index (Phi) is 3.33. The molecule has 0 aliphatic heterocycles.